The van der Waals surface area contributed by atoms with Crippen molar-refractivity contribution in [3.05, 3.63) is 47.3 Å². The van der Waals surface area contributed by atoms with Gasteiger partial charge in [0.05, 0.1) is 18.3 Å². The van der Waals surface area contributed by atoms with Crippen LogP contribution in [0.3, 0.4) is 0 Å². The first-order valence-corrected chi connectivity index (χ1v) is 10.7. The number of amides is 2. The third-order valence-corrected chi connectivity index (χ3v) is 7.56. The van der Waals surface area contributed by atoms with Gasteiger partial charge in [-0.3, -0.25) is 14.3 Å². The zero-order valence-electron chi connectivity index (χ0n) is 16.8. The lowest BCUT2D eigenvalue weighted by Crippen LogP contribution is -2.53. The number of aromatic nitrogens is 2. The fraction of sp³-hybridized carbons (Fsp3) is 0.478. The Hall–Kier alpha value is -2.96. The number of benzene rings is 1. The van der Waals surface area contributed by atoms with Gasteiger partial charge in [0.25, 0.3) is 11.8 Å². The van der Waals surface area contributed by atoms with Crippen LogP contribution in [-0.4, -0.2) is 34.7 Å². The Morgan fingerprint density at radius 1 is 1.00 bits per heavy atom. The molecular formula is C23H23N3O4. The first kappa shape index (κ1) is 17.9. The first-order valence-electron chi connectivity index (χ1n) is 10.7. The summed E-state index contributed by atoms with van der Waals surface area (Å²) in [4.78, 5) is 40.6. The number of nitrogens with zero attached hydrogens (tertiary/aromatic N) is 3. The monoisotopic (exact) mass is 405 g/mol. The summed E-state index contributed by atoms with van der Waals surface area (Å²) >= 11 is 0. The molecule has 1 aromatic heterocycles. The highest BCUT2D eigenvalue weighted by atomic mass is 16.5. The molecule has 0 unspecified atom stereocenters. The SMILES string of the molecule is COC(=O)c1nn(C23CC4CC(CC(C4)C2)C3)c2c1C(=O)N(c1ccccc1)C2=O. The lowest BCUT2D eigenvalue weighted by molar-refractivity contribution is -0.0503. The lowest BCUT2D eigenvalue weighted by Gasteiger charge is -2.56. The first-order chi connectivity index (χ1) is 14.5. The van der Waals surface area contributed by atoms with E-state index in [1.165, 1.54) is 26.4 Å². The number of rotatable bonds is 3. The van der Waals surface area contributed by atoms with Crippen molar-refractivity contribution in [3.8, 4) is 0 Å². The van der Waals surface area contributed by atoms with E-state index in [1.807, 2.05) is 6.07 Å². The molecule has 5 aliphatic rings. The molecule has 7 nitrogen and oxygen atoms in total. The molecule has 154 valence electrons. The van der Waals surface area contributed by atoms with Crippen molar-refractivity contribution in [3.63, 3.8) is 0 Å². The van der Waals surface area contributed by atoms with Crippen LogP contribution in [0, 0.1) is 17.8 Å². The third kappa shape index (κ3) is 2.26. The molecule has 4 bridgehead atoms. The number of para-hydroxylation sites is 1. The van der Waals surface area contributed by atoms with Gasteiger partial charge in [-0.1, -0.05) is 18.2 Å². The van der Waals surface area contributed by atoms with Gasteiger partial charge in [-0.25, -0.2) is 9.69 Å². The molecule has 4 saturated carbocycles. The molecule has 0 spiro atoms. The van der Waals surface area contributed by atoms with Crippen LogP contribution in [0.2, 0.25) is 0 Å². The summed E-state index contributed by atoms with van der Waals surface area (Å²) in [5, 5.41) is 4.60. The molecule has 7 heteroatoms. The summed E-state index contributed by atoms with van der Waals surface area (Å²) in [6.07, 6.45) is 6.61. The quantitative estimate of drug-likeness (QED) is 0.577. The topological polar surface area (TPSA) is 81.5 Å². The molecule has 0 radical (unpaired) electrons. The average Bonchev–Trinajstić information content (AvgIpc) is 3.25. The highest BCUT2D eigenvalue weighted by Crippen LogP contribution is 2.59. The average molecular weight is 405 g/mol. The van der Waals surface area contributed by atoms with E-state index in [1.54, 1.807) is 28.9 Å². The zero-order valence-corrected chi connectivity index (χ0v) is 16.8. The highest BCUT2D eigenvalue weighted by Gasteiger charge is 2.56. The second-order valence-electron chi connectivity index (χ2n) is 9.40. The van der Waals surface area contributed by atoms with Crippen LogP contribution in [0.25, 0.3) is 0 Å². The Kier molecular flexibility index (Phi) is 3.59. The highest BCUT2D eigenvalue weighted by molar-refractivity contribution is 6.35. The van der Waals surface area contributed by atoms with Crippen molar-refractivity contribution in [1.82, 2.24) is 9.78 Å². The maximum atomic E-state index is 13.5. The lowest BCUT2D eigenvalue weighted by atomic mass is 9.53. The molecule has 0 atom stereocenters. The van der Waals surface area contributed by atoms with Crippen LogP contribution in [0.5, 0.6) is 0 Å². The van der Waals surface area contributed by atoms with E-state index in [0.717, 1.165) is 24.2 Å². The van der Waals surface area contributed by atoms with Gasteiger partial charge in [-0.05, 0) is 68.4 Å². The van der Waals surface area contributed by atoms with Crippen LogP contribution in [0.4, 0.5) is 5.69 Å². The van der Waals surface area contributed by atoms with Crippen molar-refractivity contribution in [2.45, 2.75) is 44.1 Å². The van der Waals surface area contributed by atoms with Gasteiger partial charge in [0.2, 0.25) is 0 Å². The molecule has 4 aliphatic carbocycles. The van der Waals surface area contributed by atoms with E-state index in [9.17, 15) is 14.4 Å². The predicted octanol–water partition coefficient (Wildman–Crippen LogP) is 3.40. The van der Waals surface area contributed by atoms with E-state index in [-0.39, 0.29) is 22.5 Å². The fourth-order valence-electron chi connectivity index (χ4n) is 6.85. The molecule has 0 saturated heterocycles. The van der Waals surface area contributed by atoms with Gasteiger partial charge in [-0.2, -0.15) is 5.10 Å². The van der Waals surface area contributed by atoms with Crippen LogP contribution < -0.4 is 4.90 Å². The summed E-state index contributed by atoms with van der Waals surface area (Å²) in [7, 11) is 1.27. The molecule has 1 aliphatic heterocycles. The summed E-state index contributed by atoms with van der Waals surface area (Å²) in [6.45, 7) is 0. The molecular weight excluding hydrogens is 382 g/mol. The molecule has 2 heterocycles. The predicted molar refractivity (Wildman–Crippen MR) is 107 cm³/mol. The van der Waals surface area contributed by atoms with Gasteiger partial charge < -0.3 is 4.74 Å². The van der Waals surface area contributed by atoms with E-state index in [4.69, 9.17) is 4.74 Å². The van der Waals surface area contributed by atoms with Crippen molar-refractivity contribution in [2.75, 3.05) is 12.0 Å². The zero-order chi connectivity index (χ0) is 20.6. The number of anilines is 1. The van der Waals surface area contributed by atoms with E-state index in [0.29, 0.717) is 23.4 Å². The molecule has 2 aromatic rings. The number of carbonyl (C=O) groups is 3. The van der Waals surface area contributed by atoms with Crippen LogP contribution in [0.15, 0.2) is 30.3 Å². The largest absolute Gasteiger partial charge is 0.464 e. The van der Waals surface area contributed by atoms with Gasteiger partial charge >= 0.3 is 5.97 Å². The fourth-order valence-corrected chi connectivity index (χ4v) is 6.85. The van der Waals surface area contributed by atoms with Crippen LogP contribution in [-0.2, 0) is 10.3 Å². The Morgan fingerprint density at radius 2 is 1.60 bits per heavy atom. The molecule has 1 aromatic carbocycles. The number of hydrogen-bond donors (Lipinski definition) is 0. The van der Waals surface area contributed by atoms with Gasteiger partial charge in [0, 0.05) is 0 Å². The normalized spacial score (nSPS) is 31.4. The molecule has 0 N–H and O–H groups in total. The molecule has 2 amide bonds. The standard InChI is InChI=1S/C23H23N3O4/c1-30-22(29)18-17-19(21(28)25(20(17)27)16-5-3-2-4-6-16)26(24-18)23-10-13-7-14(11-23)9-15(8-13)12-23/h2-6,13-15H,7-12H2,1H3. The summed E-state index contributed by atoms with van der Waals surface area (Å²) in [5.41, 5.74) is 0.516. The summed E-state index contributed by atoms with van der Waals surface area (Å²) in [6, 6.07) is 8.85. The number of imide groups is 1. The Labute approximate surface area is 174 Å². The Morgan fingerprint density at radius 3 is 2.17 bits per heavy atom. The van der Waals surface area contributed by atoms with Crippen LogP contribution >= 0.6 is 0 Å². The number of hydrogen-bond acceptors (Lipinski definition) is 5. The minimum absolute atomic E-state index is 0.0416. The Bertz CT molecular complexity index is 1050. The number of esters is 1. The number of methoxy groups -OCH3 is 1. The maximum Gasteiger partial charge on any atom is 0.359 e. The van der Waals surface area contributed by atoms with Crippen molar-refractivity contribution in [1.29, 1.82) is 0 Å². The van der Waals surface area contributed by atoms with Gasteiger partial charge in [0.15, 0.2) is 5.69 Å². The van der Waals surface area contributed by atoms with Crippen LogP contribution in [0.1, 0.15) is 69.9 Å². The second kappa shape index (κ2) is 6.03. The van der Waals surface area contributed by atoms with Crippen molar-refractivity contribution < 1.29 is 19.1 Å². The number of carbonyl (C=O) groups excluding carboxylic acids is 3. The number of ether oxygens (including phenoxy) is 1. The molecule has 30 heavy (non-hydrogen) atoms. The Balaban J connectivity index is 1.53. The summed E-state index contributed by atoms with van der Waals surface area (Å²) in [5.74, 6) is 0.322. The van der Waals surface area contributed by atoms with E-state index in [2.05, 4.69) is 5.10 Å². The summed E-state index contributed by atoms with van der Waals surface area (Å²) < 4.78 is 6.69. The van der Waals surface area contributed by atoms with E-state index >= 15 is 0 Å². The molecule has 4 fully saturated rings. The number of fused-ring (bicyclic) bond motifs is 1. The molecule has 7 rings (SSSR count). The third-order valence-electron chi connectivity index (χ3n) is 7.56. The second-order valence-corrected chi connectivity index (χ2v) is 9.40. The van der Waals surface area contributed by atoms with Crippen molar-refractivity contribution >= 4 is 23.5 Å². The van der Waals surface area contributed by atoms with E-state index < -0.39 is 17.8 Å². The maximum absolute atomic E-state index is 13.5. The van der Waals surface area contributed by atoms with Gasteiger partial charge in [0.1, 0.15) is 11.3 Å². The van der Waals surface area contributed by atoms with Gasteiger partial charge in [-0.15, -0.1) is 0 Å². The minimum atomic E-state index is -0.675. The smallest absolute Gasteiger partial charge is 0.359 e. The van der Waals surface area contributed by atoms with Crippen molar-refractivity contribution in [2.24, 2.45) is 17.8 Å². The minimum Gasteiger partial charge on any atom is -0.464 e.